The second-order valence-corrected chi connectivity index (χ2v) is 12.1. The highest BCUT2D eigenvalue weighted by molar-refractivity contribution is 5.66. The van der Waals surface area contributed by atoms with Crippen molar-refractivity contribution in [1.29, 1.82) is 0 Å². The van der Waals surface area contributed by atoms with Gasteiger partial charge in [-0.1, -0.05) is 20.8 Å². The van der Waals surface area contributed by atoms with Crippen LogP contribution in [0.15, 0.2) is 0 Å². The van der Waals surface area contributed by atoms with Crippen LogP contribution < -0.4 is 0 Å². The Labute approximate surface area is 176 Å². The normalized spacial score (nSPS) is 52.9. The smallest absolute Gasteiger partial charge is 0.303 e. The molecule has 4 rings (SSSR count). The number of fused-ring (bicyclic) bond motifs is 5. The van der Waals surface area contributed by atoms with Crippen molar-refractivity contribution in [3.63, 3.8) is 0 Å². The third kappa shape index (κ3) is 3.37. The van der Waals surface area contributed by atoms with E-state index in [1.165, 1.54) is 25.7 Å². The summed E-state index contributed by atoms with van der Waals surface area (Å²) in [5.74, 6) is 2.46. The van der Waals surface area contributed by atoms with E-state index in [4.69, 9.17) is 5.11 Å². The van der Waals surface area contributed by atoms with Gasteiger partial charge in [-0.25, -0.2) is 0 Å². The van der Waals surface area contributed by atoms with Crippen LogP contribution in [-0.2, 0) is 4.79 Å². The zero-order valence-electron chi connectivity index (χ0n) is 18.9. The highest BCUT2D eigenvalue weighted by Gasteiger charge is 2.64. The van der Waals surface area contributed by atoms with Crippen molar-refractivity contribution in [3.8, 4) is 0 Å². The lowest BCUT2D eigenvalue weighted by atomic mass is 9.41. The average molecular weight is 407 g/mol. The molecule has 0 radical (unpaired) electrons. The molecule has 3 N–H and O–H groups in total. The van der Waals surface area contributed by atoms with Crippen molar-refractivity contribution in [3.05, 3.63) is 0 Å². The largest absolute Gasteiger partial charge is 0.481 e. The maximum Gasteiger partial charge on any atom is 0.303 e. The van der Waals surface area contributed by atoms with Gasteiger partial charge >= 0.3 is 5.97 Å². The minimum absolute atomic E-state index is 0.139. The number of aliphatic hydroxyl groups excluding tert-OH is 1. The van der Waals surface area contributed by atoms with Crippen LogP contribution in [0.2, 0.25) is 0 Å². The summed E-state index contributed by atoms with van der Waals surface area (Å²) < 4.78 is 0. The number of carboxylic acids is 1. The number of carboxylic acid groups (broad SMARTS) is 1. The molecule has 0 aromatic rings. The lowest BCUT2D eigenvalue weighted by Gasteiger charge is -2.65. The van der Waals surface area contributed by atoms with Crippen molar-refractivity contribution in [2.45, 2.75) is 104 Å². The molecular formula is C25H42O4. The zero-order chi connectivity index (χ0) is 21.2. The first kappa shape index (κ1) is 21.6. The van der Waals surface area contributed by atoms with Gasteiger partial charge in [0.15, 0.2) is 0 Å². The molecule has 0 aromatic heterocycles. The van der Waals surface area contributed by atoms with Gasteiger partial charge in [0.05, 0.1) is 11.7 Å². The van der Waals surface area contributed by atoms with Crippen molar-refractivity contribution in [2.24, 2.45) is 46.3 Å². The second kappa shape index (κ2) is 7.22. The summed E-state index contributed by atoms with van der Waals surface area (Å²) in [5.41, 5.74) is -0.269. The van der Waals surface area contributed by atoms with E-state index < -0.39 is 11.6 Å². The Morgan fingerprint density at radius 1 is 1.03 bits per heavy atom. The van der Waals surface area contributed by atoms with Crippen molar-refractivity contribution < 1.29 is 20.1 Å². The van der Waals surface area contributed by atoms with Crippen LogP contribution >= 0.6 is 0 Å². The predicted molar refractivity (Wildman–Crippen MR) is 113 cm³/mol. The highest BCUT2D eigenvalue weighted by atomic mass is 16.4. The van der Waals surface area contributed by atoms with Gasteiger partial charge in [-0.05, 0) is 111 Å². The molecule has 4 nitrogen and oxygen atoms in total. The van der Waals surface area contributed by atoms with Crippen LogP contribution in [0.1, 0.15) is 91.9 Å². The van der Waals surface area contributed by atoms with Crippen LogP contribution in [0.25, 0.3) is 0 Å². The third-order valence-corrected chi connectivity index (χ3v) is 10.6. The minimum atomic E-state index is -0.692. The molecule has 29 heavy (non-hydrogen) atoms. The molecule has 0 aliphatic heterocycles. The quantitative estimate of drug-likeness (QED) is 0.622. The fourth-order valence-corrected chi connectivity index (χ4v) is 9.26. The van der Waals surface area contributed by atoms with Crippen molar-refractivity contribution in [1.82, 2.24) is 0 Å². The molecule has 0 heterocycles. The summed E-state index contributed by atoms with van der Waals surface area (Å²) in [6.45, 7) is 9.21. The van der Waals surface area contributed by atoms with Gasteiger partial charge in [-0.2, -0.15) is 0 Å². The molecule has 0 spiro atoms. The van der Waals surface area contributed by atoms with Crippen molar-refractivity contribution >= 4 is 5.97 Å². The molecule has 166 valence electrons. The molecule has 4 saturated carbocycles. The van der Waals surface area contributed by atoms with E-state index in [1.807, 2.05) is 6.92 Å². The van der Waals surface area contributed by atoms with Crippen LogP contribution in [0.4, 0.5) is 0 Å². The maximum atomic E-state index is 11.5. The molecule has 1 unspecified atom stereocenters. The van der Waals surface area contributed by atoms with E-state index >= 15 is 0 Å². The summed E-state index contributed by atoms with van der Waals surface area (Å²) in [4.78, 5) is 11.1. The van der Waals surface area contributed by atoms with Gasteiger partial charge in [0.2, 0.25) is 0 Å². The summed E-state index contributed by atoms with van der Waals surface area (Å²) in [7, 11) is 0. The summed E-state index contributed by atoms with van der Waals surface area (Å²) in [6.07, 6.45) is 9.28. The lowest BCUT2D eigenvalue weighted by Crippen LogP contribution is -2.62. The number of hydrogen-bond acceptors (Lipinski definition) is 3. The Kier molecular flexibility index (Phi) is 5.38. The Balaban J connectivity index is 1.59. The molecule has 4 aliphatic carbocycles. The molecule has 4 heteroatoms. The first-order valence-electron chi connectivity index (χ1n) is 12.1. The Hall–Kier alpha value is -0.610. The van der Waals surface area contributed by atoms with E-state index in [1.54, 1.807) is 0 Å². The van der Waals surface area contributed by atoms with E-state index in [2.05, 4.69) is 20.8 Å². The first-order valence-corrected chi connectivity index (χ1v) is 12.1. The first-order chi connectivity index (χ1) is 13.5. The van der Waals surface area contributed by atoms with Crippen molar-refractivity contribution in [2.75, 3.05) is 0 Å². The number of hydrogen-bond donors (Lipinski definition) is 3. The number of carbonyl (C=O) groups is 1. The SMILES string of the molecule is C[C@H](CCC(=O)O)[C@H]1CC[C@H]2[C@@H]3CC(C)(O)[C@@H]4C[C@H](O)CC[C@]4(C)[C@H]3CC[C@]12C. The molecule has 0 amide bonds. The number of aliphatic hydroxyl groups is 2. The Bertz CT molecular complexity index is 645. The molecule has 4 fully saturated rings. The van der Waals surface area contributed by atoms with E-state index in [-0.39, 0.29) is 29.3 Å². The van der Waals surface area contributed by atoms with Crippen LogP contribution in [0.5, 0.6) is 0 Å². The number of rotatable bonds is 4. The zero-order valence-corrected chi connectivity index (χ0v) is 18.9. The van der Waals surface area contributed by atoms with Gasteiger partial charge in [0.1, 0.15) is 0 Å². The summed E-state index contributed by atoms with van der Waals surface area (Å²) in [5, 5.41) is 31.0. The Morgan fingerprint density at radius 3 is 2.38 bits per heavy atom. The van der Waals surface area contributed by atoms with E-state index in [0.717, 1.165) is 32.1 Å². The van der Waals surface area contributed by atoms with Crippen LogP contribution in [-0.4, -0.2) is 33.0 Å². The molecule has 4 aliphatic rings. The van der Waals surface area contributed by atoms with Gasteiger partial charge in [-0.15, -0.1) is 0 Å². The lowest BCUT2D eigenvalue weighted by molar-refractivity contribution is -0.210. The molecular weight excluding hydrogens is 364 g/mol. The van der Waals surface area contributed by atoms with Gasteiger partial charge < -0.3 is 15.3 Å². The fourth-order valence-electron chi connectivity index (χ4n) is 9.26. The average Bonchev–Trinajstić information content (AvgIpc) is 2.98. The van der Waals surface area contributed by atoms with Gasteiger partial charge in [0, 0.05) is 6.42 Å². The topological polar surface area (TPSA) is 77.8 Å². The third-order valence-electron chi connectivity index (χ3n) is 10.6. The van der Waals surface area contributed by atoms with Crippen LogP contribution in [0, 0.1) is 46.3 Å². The fraction of sp³-hybridized carbons (Fsp3) is 0.960. The predicted octanol–water partition coefficient (Wildman–Crippen LogP) is 4.87. The number of aliphatic carboxylic acids is 1. The van der Waals surface area contributed by atoms with Gasteiger partial charge in [-0.3, -0.25) is 4.79 Å². The summed E-state index contributed by atoms with van der Waals surface area (Å²) in [6, 6.07) is 0. The standard InChI is InChI=1S/C25H42O4/c1-15(5-8-22(27)28)18-6-7-19-17-14-25(4,29)21-13-16(26)9-11-24(21,3)20(17)10-12-23(18,19)2/h15-21,26,29H,5-14H2,1-4H3,(H,27,28)/t15-,16-,17+,18-,19+,20+,21-,23-,24-,25?/m1/s1. The van der Waals surface area contributed by atoms with Gasteiger partial charge in [0.25, 0.3) is 0 Å². The molecule has 0 saturated heterocycles. The summed E-state index contributed by atoms with van der Waals surface area (Å²) >= 11 is 0. The molecule has 0 aromatic carbocycles. The van der Waals surface area contributed by atoms with E-state index in [9.17, 15) is 15.0 Å². The molecule has 10 atom stereocenters. The minimum Gasteiger partial charge on any atom is -0.481 e. The maximum absolute atomic E-state index is 11.5. The molecule has 0 bridgehead atoms. The second-order valence-electron chi connectivity index (χ2n) is 12.1. The monoisotopic (exact) mass is 406 g/mol. The highest BCUT2D eigenvalue weighted by Crippen LogP contribution is 2.69. The van der Waals surface area contributed by atoms with E-state index in [0.29, 0.717) is 29.6 Å². The Morgan fingerprint density at radius 2 is 1.69 bits per heavy atom. The van der Waals surface area contributed by atoms with Crippen LogP contribution in [0.3, 0.4) is 0 Å².